The summed E-state index contributed by atoms with van der Waals surface area (Å²) in [5.41, 5.74) is -0.349. The largest absolute Gasteiger partial charge is 0.477 e. The lowest BCUT2D eigenvalue weighted by atomic mass is 10.1. The first-order valence-corrected chi connectivity index (χ1v) is 5.39. The van der Waals surface area contributed by atoms with Gasteiger partial charge in [0.2, 0.25) is 0 Å². The monoisotopic (exact) mass is 254 g/mol. The van der Waals surface area contributed by atoms with Crippen molar-refractivity contribution in [2.75, 3.05) is 13.2 Å². The number of benzene rings is 1. The second-order valence-electron chi connectivity index (χ2n) is 3.63. The standard InChI is InChI=1S/C11H14N2O5/c14-6-2-5-12-7-8-3-1-4-9(13(17)18)10(8)11(15)16/h1,3-4,12,14H,2,5-7H2,(H,15,16). The van der Waals surface area contributed by atoms with E-state index in [9.17, 15) is 14.9 Å². The zero-order chi connectivity index (χ0) is 13.5. The van der Waals surface area contributed by atoms with Crippen LogP contribution in [0.5, 0.6) is 0 Å². The van der Waals surface area contributed by atoms with Crippen molar-refractivity contribution in [2.24, 2.45) is 0 Å². The summed E-state index contributed by atoms with van der Waals surface area (Å²) in [6, 6.07) is 4.15. The maximum absolute atomic E-state index is 11.1. The van der Waals surface area contributed by atoms with Crippen LogP contribution in [0.15, 0.2) is 18.2 Å². The quantitative estimate of drug-likeness (QED) is 0.376. The van der Waals surface area contributed by atoms with Crippen LogP contribution in [0.4, 0.5) is 5.69 Å². The number of carbonyl (C=O) groups is 1. The van der Waals surface area contributed by atoms with E-state index in [1.54, 1.807) is 0 Å². The van der Waals surface area contributed by atoms with Gasteiger partial charge < -0.3 is 15.5 Å². The third-order valence-electron chi connectivity index (χ3n) is 2.37. The van der Waals surface area contributed by atoms with Crippen LogP contribution in [0.3, 0.4) is 0 Å². The van der Waals surface area contributed by atoms with Gasteiger partial charge in [0.05, 0.1) is 4.92 Å². The second kappa shape index (κ2) is 6.67. The van der Waals surface area contributed by atoms with Crippen molar-refractivity contribution < 1.29 is 19.9 Å². The first-order valence-electron chi connectivity index (χ1n) is 5.39. The number of aliphatic hydroxyl groups excluding tert-OH is 1. The molecule has 1 aromatic carbocycles. The van der Waals surface area contributed by atoms with Crippen molar-refractivity contribution in [3.05, 3.63) is 39.4 Å². The minimum absolute atomic E-state index is 0.0354. The minimum Gasteiger partial charge on any atom is -0.477 e. The fourth-order valence-corrected chi connectivity index (χ4v) is 1.56. The van der Waals surface area contributed by atoms with E-state index in [-0.39, 0.29) is 18.7 Å². The molecule has 0 unspecified atom stereocenters. The predicted molar refractivity (Wildman–Crippen MR) is 63.5 cm³/mol. The van der Waals surface area contributed by atoms with E-state index < -0.39 is 16.6 Å². The fraction of sp³-hybridized carbons (Fsp3) is 0.364. The predicted octanol–water partition coefficient (Wildman–Crippen LogP) is 0.765. The summed E-state index contributed by atoms with van der Waals surface area (Å²) < 4.78 is 0. The number of carboxylic acid groups (broad SMARTS) is 1. The van der Waals surface area contributed by atoms with Crippen molar-refractivity contribution in [2.45, 2.75) is 13.0 Å². The number of nitro benzene ring substituents is 1. The third-order valence-corrected chi connectivity index (χ3v) is 2.37. The molecule has 3 N–H and O–H groups in total. The zero-order valence-corrected chi connectivity index (χ0v) is 9.63. The van der Waals surface area contributed by atoms with Gasteiger partial charge in [0.15, 0.2) is 0 Å². The molecule has 0 heterocycles. The van der Waals surface area contributed by atoms with E-state index in [0.29, 0.717) is 18.5 Å². The number of rotatable bonds is 7. The second-order valence-corrected chi connectivity index (χ2v) is 3.63. The molecule has 0 saturated heterocycles. The van der Waals surface area contributed by atoms with Gasteiger partial charge in [-0.1, -0.05) is 12.1 Å². The maximum atomic E-state index is 11.1. The highest BCUT2D eigenvalue weighted by molar-refractivity contribution is 5.94. The van der Waals surface area contributed by atoms with Gasteiger partial charge in [0.1, 0.15) is 5.56 Å². The van der Waals surface area contributed by atoms with Crippen LogP contribution in [0, 0.1) is 10.1 Å². The van der Waals surface area contributed by atoms with Crippen molar-refractivity contribution in [1.29, 1.82) is 0 Å². The average molecular weight is 254 g/mol. The first kappa shape index (κ1) is 14.1. The summed E-state index contributed by atoms with van der Waals surface area (Å²) in [6.45, 7) is 0.759. The van der Waals surface area contributed by atoms with Crippen LogP contribution in [-0.4, -0.2) is 34.3 Å². The molecule has 7 heteroatoms. The Morgan fingerprint density at radius 1 is 1.44 bits per heavy atom. The zero-order valence-electron chi connectivity index (χ0n) is 9.63. The number of aliphatic hydroxyl groups is 1. The minimum atomic E-state index is -1.32. The topological polar surface area (TPSA) is 113 Å². The third kappa shape index (κ3) is 3.51. The fourth-order valence-electron chi connectivity index (χ4n) is 1.56. The van der Waals surface area contributed by atoms with Crippen molar-refractivity contribution in [1.82, 2.24) is 5.32 Å². The number of nitro groups is 1. The van der Waals surface area contributed by atoms with Crippen molar-refractivity contribution in [3.63, 3.8) is 0 Å². The number of hydrogen-bond donors (Lipinski definition) is 3. The lowest BCUT2D eigenvalue weighted by Gasteiger charge is -2.07. The van der Waals surface area contributed by atoms with Gasteiger partial charge >= 0.3 is 5.97 Å². The molecule has 1 aromatic rings. The van der Waals surface area contributed by atoms with Crippen LogP contribution < -0.4 is 5.32 Å². The number of nitrogens with one attached hydrogen (secondary N) is 1. The van der Waals surface area contributed by atoms with Crippen LogP contribution in [-0.2, 0) is 6.54 Å². The molecule has 7 nitrogen and oxygen atoms in total. The Morgan fingerprint density at radius 3 is 2.72 bits per heavy atom. The number of nitrogens with zero attached hydrogens (tertiary/aromatic N) is 1. The molecule has 0 aliphatic rings. The molecule has 0 radical (unpaired) electrons. The van der Waals surface area contributed by atoms with Gasteiger partial charge in [-0.15, -0.1) is 0 Å². The summed E-state index contributed by atoms with van der Waals surface area (Å²) in [7, 11) is 0. The van der Waals surface area contributed by atoms with Crippen molar-refractivity contribution >= 4 is 11.7 Å². The number of carboxylic acids is 1. The summed E-state index contributed by atoms with van der Waals surface area (Å²) in [5.74, 6) is -1.32. The van der Waals surface area contributed by atoms with Gasteiger partial charge in [0.25, 0.3) is 5.69 Å². The van der Waals surface area contributed by atoms with E-state index in [4.69, 9.17) is 10.2 Å². The SMILES string of the molecule is O=C(O)c1c(CNCCCO)cccc1[N+](=O)[O-]. The van der Waals surface area contributed by atoms with Crippen molar-refractivity contribution in [3.8, 4) is 0 Å². The van der Waals surface area contributed by atoms with Gasteiger partial charge in [-0.05, 0) is 18.5 Å². The summed E-state index contributed by atoms with van der Waals surface area (Å²) in [6.07, 6.45) is 0.539. The average Bonchev–Trinajstić information content (AvgIpc) is 2.33. The molecule has 0 aromatic heterocycles. The Hall–Kier alpha value is -1.99. The molecule has 0 fully saturated rings. The molecule has 0 bridgehead atoms. The van der Waals surface area contributed by atoms with E-state index in [1.807, 2.05) is 0 Å². The lowest BCUT2D eigenvalue weighted by Crippen LogP contribution is -2.18. The molecular weight excluding hydrogens is 240 g/mol. The normalized spacial score (nSPS) is 10.3. The molecule has 0 aliphatic heterocycles. The van der Waals surface area contributed by atoms with E-state index in [2.05, 4.69) is 5.32 Å². The van der Waals surface area contributed by atoms with Crippen LogP contribution in [0.2, 0.25) is 0 Å². The Labute approximate surface area is 103 Å². The Balaban J connectivity index is 2.93. The molecule has 0 spiro atoms. The van der Waals surface area contributed by atoms with E-state index >= 15 is 0 Å². The molecule has 18 heavy (non-hydrogen) atoms. The van der Waals surface area contributed by atoms with Gasteiger partial charge in [-0.3, -0.25) is 10.1 Å². The van der Waals surface area contributed by atoms with Crippen LogP contribution >= 0.6 is 0 Å². The van der Waals surface area contributed by atoms with Gasteiger partial charge in [-0.25, -0.2) is 4.79 Å². The number of hydrogen-bond acceptors (Lipinski definition) is 5. The summed E-state index contributed by atoms with van der Waals surface area (Å²) in [5, 5.41) is 31.3. The molecule has 0 saturated carbocycles. The maximum Gasteiger partial charge on any atom is 0.343 e. The van der Waals surface area contributed by atoms with Crippen LogP contribution in [0.25, 0.3) is 0 Å². The highest BCUT2D eigenvalue weighted by atomic mass is 16.6. The van der Waals surface area contributed by atoms with E-state index in [0.717, 1.165) is 0 Å². The summed E-state index contributed by atoms with van der Waals surface area (Å²) in [4.78, 5) is 21.1. The smallest absolute Gasteiger partial charge is 0.343 e. The van der Waals surface area contributed by atoms with Crippen LogP contribution in [0.1, 0.15) is 22.3 Å². The molecule has 0 amide bonds. The highest BCUT2D eigenvalue weighted by Gasteiger charge is 2.22. The lowest BCUT2D eigenvalue weighted by molar-refractivity contribution is -0.385. The molecule has 1 rings (SSSR count). The molecule has 98 valence electrons. The van der Waals surface area contributed by atoms with Gasteiger partial charge in [-0.2, -0.15) is 0 Å². The Bertz CT molecular complexity index is 447. The van der Waals surface area contributed by atoms with Gasteiger partial charge in [0, 0.05) is 19.2 Å². The summed E-state index contributed by atoms with van der Waals surface area (Å²) >= 11 is 0. The Kier molecular flexibility index (Phi) is 5.22. The molecule has 0 atom stereocenters. The first-order chi connectivity index (χ1) is 8.57. The van der Waals surface area contributed by atoms with E-state index in [1.165, 1.54) is 18.2 Å². The highest BCUT2D eigenvalue weighted by Crippen LogP contribution is 2.22. The number of aromatic carboxylic acids is 1. The molecule has 0 aliphatic carbocycles. The Morgan fingerprint density at radius 2 is 2.17 bits per heavy atom. The molecular formula is C11H14N2O5.